The molecule has 0 unspecified atom stereocenters. The summed E-state index contributed by atoms with van der Waals surface area (Å²) in [6.45, 7) is 1.87. The van der Waals surface area contributed by atoms with Crippen molar-refractivity contribution in [2.75, 3.05) is 17.9 Å². The summed E-state index contributed by atoms with van der Waals surface area (Å²) in [5.74, 6) is 0.501. The van der Waals surface area contributed by atoms with Crippen LogP contribution in [0.1, 0.15) is 5.56 Å². The standard InChI is InChI=1S/C14H16N2O4S/c1-11-6-7-15-10-14(11)16-21(18,19)13-4-2-12(3-5-13)20-9-8-17/h2-7,10,16-17H,8-9H2,1H3. The number of aromatic nitrogens is 1. The van der Waals surface area contributed by atoms with Crippen molar-refractivity contribution in [1.82, 2.24) is 4.98 Å². The second kappa shape index (κ2) is 6.55. The van der Waals surface area contributed by atoms with Gasteiger partial charge in [0.2, 0.25) is 0 Å². The lowest BCUT2D eigenvalue weighted by Crippen LogP contribution is -2.14. The van der Waals surface area contributed by atoms with Crippen molar-refractivity contribution in [2.24, 2.45) is 0 Å². The maximum absolute atomic E-state index is 12.3. The lowest BCUT2D eigenvalue weighted by atomic mass is 10.3. The van der Waals surface area contributed by atoms with E-state index in [9.17, 15) is 8.42 Å². The highest BCUT2D eigenvalue weighted by molar-refractivity contribution is 7.92. The molecular formula is C14H16N2O4S. The van der Waals surface area contributed by atoms with Gasteiger partial charge in [0.25, 0.3) is 10.0 Å². The number of ether oxygens (including phenoxy) is 1. The van der Waals surface area contributed by atoms with Gasteiger partial charge in [0.05, 0.1) is 23.4 Å². The maximum Gasteiger partial charge on any atom is 0.261 e. The van der Waals surface area contributed by atoms with Crippen LogP contribution in [0.2, 0.25) is 0 Å². The van der Waals surface area contributed by atoms with Crippen molar-refractivity contribution < 1.29 is 18.3 Å². The van der Waals surface area contributed by atoms with Crippen LogP contribution in [0.4, 0.5) is 5.69 Å². The van der Waals surface area contributed by atoms with Gasteiger partial charge in [-0.15, -0.1) is 0 Å². The predicted octanol–water partition coefficient (Wildman–Crippen LogP) is 1.56. The van der Waals surface area contributed by atoms with Crippen molar-refractivity contribution >= 4 is 15.7 Å². The van der Waals surface area contributed by atoms with Crippen LogP contribution in [0.15, 0.2) is 47.6 Å². The van der Waals surface area contributed by atoms with Gasteiger partial charge in [-0.25, -0.2) is 8.42 Å². The van der Waals surface area contributed by atoms with E-state index in [1.807, 2.05) is 0 Å². The maximum atomic E-state index is 12.3. The minimum atomic E-state index is -3.67. The van der Waals surface area contributed by atoms with Crippen LogP contribution in [0.3, 0.4) is 0 Å². The van der Waals surface area contributed by atoms with E-state index in [-0.39, 0.29) is 18.1 Å². The predicted molar refractivity (Wildman–Crippen MR) is 78.8 cm³/mol. The Labute approximate surface area is 123 Å². The van der Waals surface area contributed by atoms with Crippen molar-refractivity contribution in [1.29, 1.82) is 0 Å². The van der Waals surface area contributed by atoms with Gasteiger partial charge in [0.15, 0.2) is 0 Å². The summed E-state index contributed by atoms with van der Waals surface area (Å²) in [5.41, 5.74) is 1.23. The van der Waals surface area contributed by atoms with Crippen LogP contribution < -0.4 is 9.46 Å². The largest absolute Gasteiger partial charge is 0.491 e. The molecule has 0 radical (unpaired) electrons. The van der Waals surface area contributed by atoms with E-state index < -0.39 is 10.0 Å². The number of anilines is 1. The van der Waals surface area contributed by atoms with Crippen LogP contribution in [0, 0.1) is 6.92 Å². The molecule has 1 aromatic carbocycles. The summed E-state index contributed by atoms with van der Waals surface area (Å²) >= 11 is 0. The first-order valence-corrected chi connectivity index (χ1v) is 7.78. The van der Waals surface area contributed by atoms with E-state index in [1.165, 1.54) is 18.3 Å². The van der Waals surface area contributed by atoms with E-state index in [4.69, 9.17) is 9.84 Å². The van der Waals surface area contributed by atoms with Gasteiger partial charge in [-0.05, 0) is 42.8 Å². The van der Waals surface area contributed by atoms with Gasteiger partial charge in [-0.3, -0.25) is 9.71 Å². The van der Waals surface area contributed by atoms with Gasteiger partial charge in [-0.1, -0.05) is 0 Å². The second-order valence-electron chi connectivity index (χ2n) is 4.34. The number of hydrogen-bond donors (Lipinski definition) is 2. The zero-order valence-corrected chi connectivity index (χ0v) is 12.3. The summed E-state index contributed by atoms with van der Waals surface area (Å²) in [5, 5.41) is 8.66. The van der Waals surface area contributed by atoms with Gasteiger partial charge < -0.3 is 9.84 Å². The zero-order valence-electron chi connectivity index (χ0n) is 11.5. The third-order valence-electron chi connectivity index (χ3n) is 2.78. The molecule has 2 aromatic rings. The van der Waals surface area contributed by atoms with Crippen LogP contribution in [-0.2, 0) is 10.0 Å². The molecule has 0 atom stereocenters. The third-order valence-corrected chi connectivity index (χ3v) is 4.16. The van der Waals surface area contributed by atoms with Crippen molar-refractivity contribution in [3.05, 3.63) is 48.3 Å². The van der Waals surface area contributed by atoms with Crippen molar-refractivity contribution in [3.63, 3.8) is 0 Å². The number of aliphatic hydroxyl groups excluding tert-OH is 1. The van der Waals surface area contributed by atoms with E-state index in [1.54, 1.807) is 31.3 Å². The molecule has 2 rings (SSSR count). The molecule has 7 heteroatoms. The molecule has 0 saturated heterocycles. The molecule has 2 N–H and O–H groups in total. The highest BCUT2D eigenvalue weighted by Gasteiger charge is 2.15. The lowest BCUT2D eigenvalue weighted by molar-refractivity contribution is 0.201. The molecule has 1 heterocycles. The second-order valence-corrected chi connectivity index (χ2v) is 6.02. The first-order chi connectivity index (χ1) is 10.0. The van der Waals surface area contributed by atoms with E-state index in [2.05, 4.69) is 9.71 Å². The molecular weight excluding hydrogens is 292 g/mol. The molecule has 21 heavy (non-hydrogen) atoms. The molecule has 0 aliphatic carbocycles. The summed E-state index contributed by atoms with van der Waals surface area (Å²) in [7, 11) is -3.67. The van der Waals surface area contributed by atoms with Crippen LogP contribution >= 0.6 is 0 Å². The molecule has 6 nitrogen and oxygen atoms in total. The number of nitrogens with one attached hydrogen (secondary N) is 1. The van der Waals surface area contributed by atoms with E-state index >= 15 is 0 Å². The fourth-order valence-corrected chi connectivity index (χ4v) is 2.77. The molecule has 0 amide bonds. The molecule has 0 spiro atoms. The fourth-order valence-electron chi connectivity index (χ4n) is 1.65. The topological polar surface area (TPSA) is 88.5 Å². The van der Waals surface area contributed by atoms with Gasteiger partial charge in [0.1, 0.15) is 12.4 Å². The number of rotatable bonds is 6. The first-order valence-electron chi connectivity index (χ1n) is 6.30. The Hall–Kier alpha value is -2.12. The zero-order chi connectivity index (χ0) is 15.3. The highest BCUT2D eigenvalue weighted by Crippen LogP contribution is 2.20. The smallest absolute Gasteiger partial charge is 0.261 e. The van der Waals surface area contributed by atoms with E-state index in [0.717, 1.165) is 5.56 Å². The summed E-state index contributed by atoms with van der Waals surface area (Å²) in [6.07, 6.45) is 3.06. The van der Waals surface area contributed by atoms with E-state index in [0.29, 0.717) is 11.4 Å². The van der Waals surface area contributed by atoms with Gasteiger partial charge in [-0.2, -0.15) is 0 Å². The van der Waals surface area contributed by atoms with Gasteiger partial charge in [0, 0.05) is 6.20 Å². The fraction of sp³-hybridized carbons (Fsp3) is 0.214. The molecule has 1 aromatic heterocycles. The number of pyridine rings is 1. The number of aliphatic hydroxyl groups is 1. The van der Waals surface area contributed by atoms with Crippen molar-refractivity contribution in [2.45, 2.75) is 11.8 Å². The average molecular weight is 308 g/mol. The molecule has 0 fully saturated rings. The van der Waals surface area contributed by atoms with Gasteiger partial charge >= 0.3 is 0 Å². The quantitative estimate of drug-likeness (QED) is 0.845. The number of benzene rings is 1. The highest BCUT2D eigenvalue weighted by atomic mass is 32.2. The SMILES string of the molecule is Cc1ccncc1NS(=O)(=O)c1ccc(OCCO)cc1. The Morgan fingerprint density at radius 3 is 2.57 bits per heavy atom. The third kappa shape index (κ3) is 3.93. The Balaban J connectivity index is 2.18. The normalized spacial score (nSPS) is 11.1. The molecule has 0 aliphatic heterocycles. The minimum absolute atomic E-state index is 0.0953. The molecule has 112 valence electrons. The average Bonchev–Trinajstić information content (AvgIpc) is 2.48. The Morgan fingerprint density at radius 2 is 1.95 bits per heavy atom. The molecule has 0 aliphatic rings. The minimum Gasteiger partial charge on any atom is -0.491 e. The molecule has 0 saturated carbocycles. The lowest BCUT2D eigenvalue weighted by Gasteiger charge is -2.10. The monoisotopic (exact) mass is 308 g/mol. The summed E-state index contributed by atoms with van der Waals surface area (Å²) in [4.78, 5) is 4.03. The number of hydrogen-bond acceptors (Lipinski definition) is 5. The molecule has 0 bridgehead atoms. The number of aryl methyl sites for hydroxylation is 1. The summed E-state index contributed by atoms with van der Waals surface area (Å²) < 4.78 is 32.2. The first kappa shape index (κ1) is 15.3. The number of sulfonamides is 1. The van der Waals surface area contributed by atoms with Crippen molar-refractivity contribution in [3.8, 4) is 5.75 Å². The Bertz CT molecular complexity index is 699. The van der Waals surface area contributed by atoms with Crippen LogP contribution in [-0.4, -0.2) is 31.7 Å². The summed E-state index contributed by atoms with van der Waals surface area (Å²) in [6, 6.07) is 7.70. The number of nitrogens with zero attached hydrogens (tertiary/aromatic N) is 1. The van der Waals surface area contributed by atoms with Crippen LogP contribution in [0.25, 0.3) is 0 Å². The van der Waals surface area contributed by atoms with Crippen LogP contribution in [0.5, 0.6) is 5.75 Å². The Kier molecular flexibility index (Phi) is 4.77. The Morgan fingerprint density at radius 1 is 1.24 bits per heavy atom.